The van der Waals surface area contributed by atoms with Crippen LogP contribution in [0.25, 0.3) is 0 Å². The molecule has 2 rings (SSSR count). The van der Waals surface area contributed by atoms with Gasteiger partial charge >= 0.3 is 0 Å². The second-order valence-electron chi connectivity index (χ2n) is 6.05. The molecule has 23 heavy (non-hydrogen) atoms. The van der Waals surface area contributed by atoms with Gasteiger partial charge in [0, 0.05) is 19.3 Å². The molecule has 0 saturated carbocycles. The fourth-order valence-corrected chi connectivity index (χ4v) is 2.64. The quantitative estimate of drug-likeness (QED) is 0.826. The third-order valence-electron chi connectivity index (χ3n) is 3.27. The first-order valence-electron chi connectivity index (χ1n) is 7.45. The normalized spacial score (nSPS) is 11.3. The molecule has 0 unspecified atom stereocenters. The van der Waals surface area contributed by atoms with Gasteiger partial charge < -0.3 is 10.0 Å². The first kappa shape index (κ1) is 17.5. The Hall–Kier alpha value is -1.85. The first-order chi connectivity index (χ1) is 10.9. The van der Waals surface area contributed by atoms with E-state index in [-0.39, 0.29) is 12.5 Å². The number of hydrogen-bond donors (Lipinski definition) is 1. The average molecular weight is 330 g/mol. The van der Waals surface area contributed by atoms with Crippen LogP contribution in [-0.4, -0.2) is 39.3 Å². The molecule has 122 valence electrons. The van der Waals surface area contributed by atoms with Crippen LogP contribution in [-0.2, 0) is 6.54 Å². The summed E-state index contributed by atoms with van der Waals surface area (Å²) in [4.78, 5) is 18.7. The molecular formula is C18H22N2O2S. The van der Waals surface area contributed by atoms with Gasteiger partial charge in [0.15, 0.2) is 0 Å². The van der Waals surface area contributed by atoms with E-state index in [1.807, 2.05) is 42.7 Å². The number of carbonyl (C=O) groups excluding carboxylic acids is 1. The number of aliphatic hydroxyl groups is 1. The zero-order valence-corrected chi connectivity index (χ0v) is 14.5. The molecule has 1 N–H and O–H groups in total. The fraction of sp³-hybridized carbons (Fsp3) is 0.333. The van der Waals surface area contributed by atoms with Crippen molar-refractivity contribution in [3.05, 3.63) is 59.8 Å². The van der Waals surface area contributed by atoms with E-state index in [9.17, 15) is 9.90 Å². The van der Waals surface area contributed by atoms with Crippen LogP contribution in [0.15, 0.2) is 53.7 Å². The van der Waals surface area contributed by atoms with Crippen LogP contribution in [0.3, 0.4) is 0 Å². The molecule has 1 aromatic heterocycles. The SMILES string of the molecule is CSc1ccc(C(=O)N(Cc2ccccc2)CC(C)(C)O)cn1. The van der Waals surface area contributed by atoms with Gasteiger partial charge in [0.05, 0.1) is 16.2 Å². The minimum atomic E-state index is -0.961. The number of nitrogens with zero attached hydrogens (tertiary/aromatic N) is 2. The Morgan fingerprint density at radius 2 is 1.91 bits per heavy atom. The predicted molar refractivity (Wildman–Crippen MR) is 93.5 cm³/mol. The molecule has 0 atom stereocenters. The van der Waals surface area contributed by atoms with E-state index < -0.39 is 5.60 Å². The molecule has 5 heteroatoms. The monoisotopic (exact) mass is 330 g/mol. The van der Waals surface area contributed by atoms with Crippen LogP contribution in [0, 0.1) is 0 Å². The van der Waals surface area contributed by atoms with Crippen LogP contribution < -0.4 is 0 Å². The number of rotatable bonds is 6. The molecule has 1 aromatic carbocycles. The molecule has 0 aliphatic heterocycles. The molecule has 0 aliphatic rings. The van der Waals surface area contributed by atoms with Gasteiger partial charge in [-0.2, -0.15) is 0 Å². The van der Waals surface area contributed by atoms with Gasteiger partial charge in [-0.15, -0.1) is 11.8 Å². The lowest BCUT2D eigenvalue weighted by molar-refractivity contribution is 0.0280. The van der Waals surface area contributed by atoms with Crippen LogP contribution in [0.1, 0.15) is 29.8 Å². The summed E-state index contributed by atoms with van der Waals surface area (Å²) in [6, 6.07) is 13.4. The standard InChI is InChI=1S/C18H22N2O2S/c1-18(2,22)13-20(12-14-7-5-4-6-8-14)17(21)15-9-10-16(23-3)19-11-15/h4-11,22H,12-13H2,1-3H3. The Labute approximate surface area is 141 Å². The summed E-state index contributed by atoms with van der Waals surface area (Å²) < 4.78 is 0. The molecule has 0 bridgehead atoms. The number of pyridine rings is 1. The number of carbonyl (C=O) groups is 1. The number of aromatic nitrogens is 1. The zero-order chi connectivity index (χ0) is 16.9. The molecular weight excluding hydrogens is 308 g/mol. The van der Waals surface area contributed by atoms with Crippen molar-refractivity contribution in [1.82, 2.24) is 9.88 Å². The number of benzene rings is 1. The van der Waals surface area contributed by atoms with Crippen molar-refractivity contribution in [2.24, 2.45) is 0 Å². The van der Waals surface area contributed by atoms with Crippen LogP contribution in [0.5, 0.6) is 0 Å². The Balaban J connectivity index is 2.22. The second-order valence-corrected chi connectivity index (χ2v) is 6.88. The van der Waals surface area contributed by atoms with Crippen LogP contribution in [0.2, 0.25) is 0 Å². The summed E-state index contributed by atoms with van der Waals surface area (Å²) in [6.07, 6.45) is 3.54. The first-order valence-corrected chi connectivity index (χ1v) is 8.67. The minimum absolute atomic E-state index is 0.129. The molecule has 0 fully saturated rings. The van der Waals surface area contributed by atoms with Gasteiger partial charge in [0.25, 0.3) is 5.91 Å². The molecule has 0 saturated heterocycles. The Morgan fingerprint density at radius 1 is 1.22 bits per heavy atom. The zero-order valence-electron chi connectivity index (χ0n) is 13.7. The van der Waals surface area contributed by atoms with E-state index in [2.05, 4.69) is 4.98 Å². The fourth-order valence-electron chi connectivity index (χ4n) is 2.28. The summed E-state index contributed by atoms with van der Waals surface area (Å²) in [5.74, 6) is -0.129. The van der Waals surface area contributed by atoms with E-state index in [1.165, 1.54) is 11.8 Å². The van der Waals surface area contributed by atoms with E-state index in [4.69, 9.17) is 0 Å². The van der Waals surface area contributed by atoms with Crippen molar-refractivity contribution in [2.75, 3.05) is 12.8 Å². The summed E-state index contributed by atoms with van der Waals surface area (Å²) in [5, 5.41) is 11.0. The van der Waals surface area contributed by atoms with Gasteiger partial charge in [-0.05, 0) is 37.8 Å². The predicted octanol–water partition coefficient (Wildman–Crippen LogP) is 3.22. The highest BCUT2D eigenvalue weighted by atomic mass is 32.2. The van der Waals surface area contributed by atoms with E-state index >= 15 is 0 Å². The second kappa shape index (κ2) is 7.62. The van der Waals surface area contributed by atoms with Crippen molar-refractivity contribution >= 4 is 17.7 Å². The number of thioether (sulfide) groups is 1. The minimum Gasteiger partial charge on any atom is -0.389 e. The highest BCUT2D eigenvalue weighted by Gasteiger charge is 2.24. The van der Waals surface area contributed by atoms with Gasteiger partial charge in [-0.1, -0.05) is 30.3 Å². The van der Waals surface area contributed by atoms with Crippen molar-refractivity contribution in [2.45, 2.75) is 31.0 Å². The van der Waals surface area contributed by atoms with Crippen molar-refractivity contribution in [3.63, 3.8) is 0 Å². The summed E-state index contributed by atoms with van der Waals surface area (Å²) in [5.41, 5.74) is 0.596. The molecule has 2 aromatic rings. The van der Waals surface area contributed by atoms with Gasteiger partial charge in [0.2, 0.25) is 0 Å². The molecule has 1 amide bonds. The number of hydrogen-bond acceptors (Lipinski definition) is 4. The largest absolute Gasteiger partial charge is 0.389 e. The van der Waals surface area contributed by atoms with Gasteiger partial charge in [-0.25, -0.2) is 4.98 Å². The highest BCUT2D eigenvalue weighted by Crippen LogP contribution is 2.16. The lowest BCUT2D eigenvalue weighted by atomic mass is 10.1. The van der Waals surface area contributed by atoms with E-state index in [1.54, 1.807) is 31.0 Å². The maximum Gasteiger partial charge on any atom is 0.255 e. The molecule has 0 radical (unpaired) electrons. The molecule has 1 heterocycles. The Kier molecular flexibility index (Phi) is 5.80. The van der Waals surface area contributed by atoms with Crippen molar-refractivity contribution < 1.29 is 9.90 Å². The summed E-state index contributed by atoms with van der Waals surface area (Å²) in [6.45, 7) is 4.11. The topological polar surface area (TPSA) is 53.4 Å². The molecule has 4 nitrogen and oxygen atoms in total. The average Bonchev–Trinajstić information content (AvgIpc) is 2.53. The molecule has 0 spiro atoms. The molecule has 0 aliphatic carbocycles. The highest BCUT2D eigenvalue weighted by molar-refractivity contribution is 7.98. The van der Waals surface area contributed by atoms with Crippen LogP contribution >= 0.6 is 11.8 Å². The third kappa shape index (κ3) is 5.37. The lowest BCUT2D eigenvalue weighted by Crippen LogP contribution is -2.41. The smallest absolute Gasteiger partial charge is 0.255 e. The summed E-state index contributed by atoms with van der Waals surface area (Å²) >= 11 is 1.53. The maximum absolute atomic E-state index is 12.8. The van der Waals surface area contributed by atoms with Crippen molar-refractivity contribution in [1.29, 1.82) is 0 Å². The number of amides is 1. The van der Waals surface area contributed by atoms with E-state index in [0.717, 1.165) is 10.6 Å². The Morgan fingerprint density at radius 3 is 2.43 bits per heavy atom. The lowest BCUT2D eigenvalue weighted by Gasteiger charge is -2.29. The van der Waals surface area contributed by atoms with Crippen LogP contribution in [0.4, 0.5) is 0 Å². The maximum atomic E-state index is 12.8. The van der Waals surface area contributed by atoms with Gasteiger partial charge in [0.1, 0.15) is 0 Å². The van der Waals surface area contributed by atoms with Crippen molar-refractivity contribution in [3.8, 4) is 0 Å². The van der Waals surface area contributed by atoms with Gasteiger partial charge in [-0.3, -0.25) is 4.79 Å². The summed E-state index contributed by atoms with van der Waals surface area (Å²) in [7, 11) is 0. The Bertz CT molecular complexity index is 636. The third-order valence-corrected chi connectivity index (χ3v) is 3.93. The van der Waals surface area contributed by atoms with E-state index in [0.29, 0.717) is 12.1 Å².